The lowest BCUT2D eigenvalue weighted by atomic mass is 9.92. The maximum atomic E-state index is 13.1. The average Bonchev–Trinajstić information content (AvgIpc) is 3.34. The summed E-state index contributed by atoms with van der Waals surface area (Å²) in [5.74, 6) is 1.35. The first-order chi connectivity index (χ1) is 14.2. The standard InChI is InChI=1S/C21H21FN4O3/c22-15-2-4-16(5-3-15)23-21(27)24-19-17(12-26-8-10-29-25-20(19)26)13-1-6-18-14(11-13)7-9-28-18/h1-6,11,17,19H,7-10,12H2,(H2,23,24,27)/t17-,19-/m0/s1. The Morgan fingerprint density at radius 3 is 2.90 bits per heavy atom. The molecule has 0 aromatic heterocycles. The van der Waals surface area contributed by atoms with Gasteiger partial charge in [-0.05, 0) is 41.5 Å². The van der Waals surface area contributed by atoms with E-state index < -0.39 is 0 Å². The lowest BCUT2D eigenvalue weighted by Gasteiger charge is -2.24. The fraction of sp³-hybridized carbons (Fsp3) is 0.333. The van der Waals surface area contributed by atoms with Gasteiger partial charge in [-0.15, -0.1) is 0 Å². The Bertz CT molecular complexity index is 963. The van der Waals surface area contributed by atoms with Gasteiger partial charge in [-0.2, -0.15) is 0 Å². The highest BCUT2D eigenvalue weighted by Gasteiger charge is 2.42. The minimum atomic E-state index is -0.369. The van der Waals surface area contributed by atoms with E-state index >= 15 is 0 Å². The van der Waals surface area contributed by atoms with Gasteiger partial charge in [0.1, 0.15) is 24.2 Å². The minimum Gasteiger partial charge on any atom is -0.493 e. The highest BCUT2D eigenvalue weighted by Crippen LogP contribution is 2.34. The molecule has 3 heterocycles. The highest BCUT2D eigenvalue weighted by molar-refractivity contribution is 5.97. The molecule has 0 aliphatic carbocycles. The Morgan fingerprint density at radius 1 is 1.17 bits per heavy atom. The lowest BCUT2D eigenvalue weighted by Crippen LogP contribution is -2.46. The number of oxime groups is 1. The number of anilines is 1. The van der Waals surface area contributed by atoms with E-state index in [9.17, 15) is 9.18 Å². The molecule has 2 N–H and O–H groups in total. The number of fused-ring (bicyclic) bond motifs is 2. The van der Waals surface area contributed by atoms with E-state index in [1.54, 1.807) is 0 Å². The van der Waals surface area contributed by atoms with Gasteiger partial charge in [-0.25, -0.2) is 9.18 Å². The SMILES string of the molecule is O=C(Nc1ccc(F)cc1)N[C@@H]1C2=NOCCN2C[C@H]1c1ccc2c(c1)CCO2. The fourth-order valence-electron chi connectivity index (χ4n) is 4.14. The number of rotatable bonds is 3. The van der Waals surface area contributed by atoms with Crippen molar-refractivity contribution in [2.24, 2.45) is 5.16 Å². The molecular formula is C21H21FN4O3. The Labute approximate surface area is 167 Å². The quantitative estimate of drug-likeness (QED) is 0.837. The van der Waals surface area contributed by atoms with Crippen LogP contribution in [0.2, 0.25) is 0 Å². The monoisotopic (exact) mass is 396 g/mol. The molecule has 5 rings (SSSR count). The summed E-state index contributed by atoms with van der Waals surface area (Å²) in [5.41, 5.74) is 2.85. The molecule has 150 valence electrons. The molecule has 1 saturated heterocycles. The van der Waals surface area contributed by atoms with Crippen molar-refractivity contribution < 1.29 is 18.8 Å². The van der Waals surface area contributed by atoms with Crippen LogP contribution < -0.4 is 15.4 Å². The van der Waals surface area contributed by atoms with Crippen LogP contribution in [0.5, 0.6) is 5.75 Å². The molecule has 0 bridgehead atoms. The van der Waals surface area contributed by atoms with Crippen LogP contribution in [-0.4, -0.2) is 49.1 Å². The number of nitrogens with zero attached hydrogens (tertiary/aromatic N) is 2. The summed E-state index contributed by atoms with van der Waals surface area (Å²) in [6, 6.07) is 11.2. The van der Waals surface area contributed by atoms with Gasteiger partial charge in [-0.3, -0.25) is 0 Å². The largest absolute Gasteiger partial charge is 0.493 e. The molecule has 0 unspecified atom stereocenters. The second-order valence-corrected chi connectivity index (χ2v) is 7.38. The van der Waals surface area contributed by atoms with Gasteiger partial charge in [0.05, 0.1) is 13.2 Å². The van der Waals surface area contributed by atoms with Crippen molar-refractivity contribution in [3.05, 3.63) is 59.4 Å². The molecule has 0 saturated carbocycles. The van der Waals surface area contributed by atoms with Crippen LogP contribution in [0.1, 0.15) is 17.0 Å². The smallest absolute Gasteiger partial charge is 0.319 e. The van der Waals surface area contributed by atoms with Gasteiger partial charge in [0.15, 0.2) is 5.84 Å². The van der Waals surface area contributed by atoms with Crippen molar-refractivity contribution in [3.8, 4) is 5.75 Å². The van der Waals surface area contributed by atoms with E-state index in [0.29, 0.717) is 18.9 Å². The number of ether oxygens (including phenoxy) is 1. The van der Waals surface area contributed by atoms with Gasteiger partial charge < -0.3 is 25.1 Å². The fourth-order valence-corrected chi connectivity index (χ4v) is 4.14. The zero-order valence-corrected chi connectivity index (χ0v) is 15.7. The molecule has 2 aromatic carbocycles. The predicted molar refractivity (Wildman–Crippen MR) is 106 cm³/mol. The summed E-state index contributed by atoms with van der Waals surface area (Å²) in [6.07, 6.45) is 0.896. The van der Waals surface area contributed by atoms with E-state index in [0.717, 1.165) is 36.7 Å². The Balaban J connectivity index is 1.39. The molecule has 2 aromatic rings. The summed E-state index contributed by atoms with van der Waals surface area (Å²) in [4.78, 5) is 20.1. The van der Waals surface area contributed by atoms with Gasteiger partial charge >= 0.3 is 6.03 Å². The zero-order chi connectivity index (χ0) is 19.8. The first-order valence-corrected chi connectivity index (χ1v) is 9.71. The van der Waals surface area contributed by atoms with Crippen LogP contribution in [-0.2, 0) is 11.3 Å². The van der Waals surface area contributed by atoms with E-state index in [-0.39, 0.29) is 23.8 Å². The summed E-state index contributed by atoms with van der Waals surface area (Å²) in [5, 5.41) is 10.0. The summed E-state index contributed by atoms with van der Waals surface area (Å²) >= 11 is 0. The van der Waals surface area contributed by atoms with Gasteiger partial charge in [0.2, 0.25) is 0 Å². The zero-order valence-electron chi connectivity index (χ0n) is 15.7. The molecule has 0 spiro atoms. The molecule has 3 aliphatic rings. The maximum Gasteiger partial charge on any atom is 0.319 e. The summed E-state index contributed by atoms with van der Waals surface area (Å²) in [6.45, 7) is 2.73. The van der Waals surface area contributed by atoms with Crippen LogP contribution in [0.15, 0.2) is 47.6 Å². The number of amides is 2. The molecule has 8 heteroatoms. The Morgan fingerprint density at radius 2 is 2.03 bits per heavy atom. The molecule has 2 amide bonds. The molecule has 3 aliphatic heterocycles. The van der Waals surface area contributed by atoms with Gasteiger partial charge in [0.25, 0.3) is 0 Å². The maximum absolute atomic E-state index is 13.1. The number of carbonyl (C=O) groups is 1. The second-order valence-electron chi connectivity index (χ2n) is 7.38. The normalized spacial score (nSPS) is 22.1. The van der Waals surface area contributed by atoms with Crippen molar-refractivity contribution in [3.63, 3.8) is 0 Å². The van der Waals surface area contributed by atoms with E-state index in [1.807, 2.05) is 6.07 Å². The number of hydrogen-bond donors (Lipinski definition) is 2. The third-order valence-electron chi connectivity index (χ3n) is 5.56. The van der Waals surface area contributed by atoms with Crippen molar-refractivity contribution in [1.29, 1.82) is 0 Å². The van der Waals surface area contributed by atoms with Gasteiger partial charge in [-0.1, -0.05) is 17.3 Å². The average molecular weight is 396 g/mol. The van der Waals surface area contributed by atoms with Crippen molar-refractivity contribution >= 4 is 17.6 Å². The van der Waals surface area contributed by atoms with Crippen LogP contribution in [0, 0.1) is 5.82 Å². The number of halogens is 1. The topological polar surface area (TPSA) is 75.2 Å². The van der Waals surface area contributed by atoms with Crippen molar-refractivity contribution in [2.75, 3.05) is 31.6 Å². The third kappa shape index (κ3) is 3.46. The molecular weight excluding hydrogens is 375 g/mol. The Hall–Kier alpha value is -3.29. The van der Waals surface area contributed by atoms with Crippen LogP contribution >= 0.6 is 0 Å². The Kier molecular flexibility index (Phi) is 4.46. The van der Waals surface area contributed by atoms with Crippen molar-refractivity contribution in [1.82, 2.24) is 10.2 Å². The van der Waals surface area contributed by atoms with Crippen molar-refractivity contribution in [2.45, 2.75) is 18.4 Å². The van der Waals surface area contributed by atoms with Crippen LogP contribution in [0.3, 0.4) is 0 Å². The number of benzene rings is 2. The number of amidine groups is 1. The molecule has 29 heavy (non-hydrogen) atoms. The van der Waals surface area contributed by atoms with Crippen LogP contribution in [0.25, 0.3) is 0 Å². The third-order valence-corrected chi connectivity index (χ3v) is 5.56. The second kappa shape index (κ2) is 7.27. The first kappa shape index (κ1) is 17.8. The number of urea groups is 1. The highest BCUT2D eigenvalue weighted by atomic mass is 19.1. The molecule has 2 atom stereocenters. The lowest BCUT2D eigenvalue weighted by molar-refractivity contribution is 0.106. The summed E-state index contributed by atoms with van der Waals surface area (Å²) in [7, 11) is 0. The van der Waals surface area contributed by atoms with E-state index in [4.69, 9.17) is 9.57 Å². The number of hydrogen-bond acceptors (Lipinski definition) is 5. The summed E-state index contributed by atoms with van der Waals surface area (Å²) < 4.78 is 18.7. The van der Waals surface area contributed by atoms with E-state index in [2.05, 4.69) is 32.8 Å². The van der Waals surface area contributed by atoms with Gasteiger partial charge in [0, 0.05) is 24.6 Å². The minimum absolute atomic E-state index is 0.0420. The predicted octanol–water partition coefficient (Wildman–Crippen LogP) is 2.69. The molecule has 0 radical (unpaired) electrons. The molecule has 7 nitrogen and oxygen atoms in total. The van der Waals surface area contributed by atoms with E-state index in [1.165, 1.54) is 29.8 Å². The van der Waals surface area contributed by atoms with Crippen LogP contribution in [0.4, 0.5) is 14.9 Å². The molecule has 1 fully saturated rings. The number of nitrogens with one attached hydrogen (secondary N) is 2. The number of carbonyl (C=O) groups excluding carboxylic acids is 1. The first-order valence-electron chi connectivity index (χ1n) is 9.71.